The van der Waals surface area contributed by atoms with Crippen molar-refractivity contribution in [2.45, 2.75) is 45.1 Å². The lowest BCUT2D eigenvalue weighted by Crippen LogP contribution is -2.37. The van der Waals surface area contributed by atoms with E-state index in [-0.39, 0.29) is 11.8 Å². The molecule has 1 aromatic rings. The van der Waals surface area contributed by atoms with E-state index >= 15 is 0 Å². The third-order valence-electron chi connectivity index (χ3n) is 4.31. The van der Waals surface area contributed by atoms with E-state index in [0.29, 0.717) is 17.0 Å². The molecule has 0 aromatic heterocycles. The molecule has 0 spiro atoms. The molecule has 0 unspecified atom stereocenters. The van der Waals surface area contributed by atoms with Crippen LogP contribution in [0.5, 0.6) is 5.75 Å². The van der Waals surface area contributed by atoms with Gasteiger partial charge in [-0.2, -0.15) is 0 Å². The van der Waals surface area contributed by atoms with Crippen molar-refractivity contribution in [2.75, 3.05) is 18.4 Å². The lowest BCUT2D eigenvalue weighted by molar-refractivity contribution is -0.122. The molecule has 1 fully saturated rings. The highest BCUT2D eigenvalue weighted by atomic mass is 16.5. The molecule has 1 atom stereocenters. The Morgan fingerprint density at radius 1 is 1.18 bits per heavy atom. The Bertz CT molecular complexity index is 577. The van der Waals surface area contributed by atoms with Crippen LogP contribution in [0, 0.1) is 0 Å². The molecular formula is C17H22N2O3. The van der Waals surface area contributed by atoms with Gasteiger partial charge in [0.2, 0.25) is 0 Å². The van der Waals surface area contributed by atoms with Gasteiger partial charge >= 0.3 is 0 Å². The van der Waals surface area contributed by atoms with Crippen LogP contribution in [0.2, 0.25) is 0 Å². The third-order valence-corrected chi connectivity index (χ3v) is 4.31. The molecule has 2 heterocycles. The number of anilines is 1. The minimum absolute atomic E-state index is 0.00194. The SMILES string of the molecule is C[C@@H]1Oc2c(cccc2C(=O)N2CCCCCCC2)NC1=O. The van der Waals surface area contributed by atoms with Gasteiger partial charge in [-0.25, -0.2) is 0 Å². The van der Waals surface area contributed by atoms with Crippen molar-refractivity contribution >= 4 is 17.5 Å². The first kappa shape index (κ1) is 14.9. The van der Waals surface area contributed by atoms with Crippen molar-refractivity contribution in [3.05, 3.63) is 23.8 Å². The van der Waals surface area contributed by atoms with Crippen LogP contribution in [0.3, 0.4) is 0 Å². The van der Waals surface area contributed by atoms with Crippen molar-refractivity contribution in [3.8, 4) is 5.75 Å². The molecule has 118 valence electrons. The number of likely N-dealkylation sites (tertiary alicyclic amines) is 1. The van der Waals surface area contributed by atoms with Gasteiger partial charge in [-0.15, -0.1) is 0 Å². The van der Waals surface area contributed by atoms with Crippen LogP contribution in [-0.2, 0) is 4.79 Å². The summed E-state index contributed by atoms with van der Waals surface area (Å²) in [7, 11) is 0. The minimum atomic E-state index is -0.575. The van der Waals surface area contributed by atoms with Crippen molar-refractivity contribution in [2.24, 2.45) is 0 Å². The zero-order valence-electron chi connectivity index (χ0n) is 12.9. The molecule has 0 aliphatic carbocycles. The highest BCUT2D eigenvalue weighted by Gasteiger charge is 2.29. The molecule has 2 aliphatic heterocycles. The van der Waals surface area contributed by atoms with Crippen molar-refractivity contribution < 1.29 is 14.3 Å². The lowest BCUT2D eigenvalue weighted by atomic mass is 10.1. The molecule has 0 radical (unpaired) electrons. The second-order valence-electron chi connectivity index (χ2n) is 5.99. The number of nitrogens with zero attached hydrogens (tertiary/aromatic N) is 1. The number of amides is 2. The molecule has 0 saturated carbocycles. The predicted molar refractivity (Wildman–Crippen MR) is 84.2 cm³/mol. The average molecular weight is 302 g/mol. The summed E-state index contributed by atoms with van der Waals surface area (Å²) >= 11 is 0. The molecule has 1 N–H and O–H groups in total. The van der Waals surface area contributed by atoms with Gasteiger partial charge in [-0.1, -0.05) is 25.3 Å². The Kier molecular flexibility index (Phi) is 4.32. The quantitative estimate of drug-likeness (QED) is 0.868. The molecule has 2 aliphatic rings. The van der Waals surface area contributed by atoms with Gasteiger partial charge in [0.15, 0.2) is 11.9 Å². The van der Waals surface area contributed by atoms with Crippen LogP contribution in [0.1, 0.15) is 49.4 Å². The molecular weight excluding hydrogens is 280 g/mol. The maximum Gasteiger partial charge on any atom is 0.265 e. The Morgan fingerprint density at radius 2 is 1.86 bits per heavy atom. The van der Waals surface area contributed by atoms with Crippen LogP contribution in [0.25, 0.3) is 0 Å². The summed E-state index contributed by atoms with van der Waals surface area (Å²) in [5.41, 5.74) is 1.13. The third kappa shape index (κ3) is 2.93. The molecule has 2 amide bonds. The number of ether oxygens (including phenoxy) is 1. The fourth-order valence-corrected chi connectivity index (χ4v) is 3.02. The summed E-state index contributed by atoms with van der Waals surface area (Å²) in [6.07, 6.45) is 5.15. The molecule has 1 aromatic carbocycles. The van der Waals surface area contributed by atoms with Gasteiger partial charge in [0, 0.05) is 13.1 Å². The van der Waals surface area contributed by atoms with E-state index in [1.807, 2.05) is 4.90 Å². The van der Waals surface area contributed by atoms with Crippen LogP contribution in [0.15, 0.2) is 18.2 Å². The van der Waals surface area contributed by atoms with Crippen LogP contribution >= 0.6 is 0 Å². The lowest BCUT2D eigenvalue weighted by Gasteiger charge is -2.28. The Morgan fingerprint density at radius 3 is 2.59 bits per heavy atom. The number of rotatable bonds is 1. The van der Waals surface area contributed by atoms with Gasteiger partial charge in [-0.3, -0.25) is 9.59 Å². The number of benzene rings is 1. The summed E-state index contributed by atoms with van der Waals surface area (Å²) in [6, 6.07) is 5.34. The van der Waals surface area contributed by atoms with E-state index < -0.39 is 6.10 Å². The number of fused-ring (bicyclic) bond motifs is 1. The summed E-state index contributed by atoms with van der Waals surface area (Å²) in [5, 5.41) is 2.80. The van der Waals surface area contributed by atoms with E-state index in [4.69, 9.17) is 4.74 Å². The standard InChI is InChI=1S/C17H22N2O3/c1-12-16(20)18-14-9-7-8-13(15(14)22-12)17(21)19-10-5-3-2-4-6-11-19/h7-9,12H,2-6,10-11H2,1H3,(H,18,20)/t12-/m0/s1. The van der Waals surface area contributed by atoms with Gasteiger partial charge < -0.3 is 15.0 Å². The van der Waals surface area contributed by atoms with E-state index in [1.165, 1.54) is 19.3 Å². The van der Waals surface area contributed by atoms with Crippen LogP contribution in [0.4, 0.5) is 5.69 Å². The minimum Gasteiger partial charge on any atom is -0.478 e. The zero-order valence-corrected chi connectivity index (χ0v) is 12.9. The molecule has 0 bridgehead atoms. The van der Waals surface area contributed by atoms with Gasteiger partial charge in [0.1, 0.15) is 0 Å². The Hall–Kier alpha value is -2.04. The Balaban J connectivity index is 1.86. The number of para-hydroxylation sites is 1. The van der Waals surface area contributed by atoms with E-state index in [1.54, 1.807) is 25.1 Å². The first-order chi connectivity index (χ1) is 10.7. The number of hydrogen-bond acceptors (Lipinski definition) is 3. The molecule has 5 nitrogen and oxygen atoms in total. The first-order valence-corrected chi connectivity index (χ1v) is 8.06. The summed E-state index contributed by atoms with van der Waals surface area (Å²) in [4.78, 5) is 26.5. The normalized spacial score (nSPS) is 22.0. The molecule has 1 saturated heterocycles. The fourth-order valence-electron chi connectivity index (χ4n) is 3.02. The van der Waals surface area contributed by atoms with Crippen molar-refractivity contribution in [1.82, 2.24) is 4.90 Å². The van der Waals surface area contributed by atoms with E-state index in [0.717, 1.165) is 25.9 Å². The fraction of sp³-hybridized carbons (Fsp3) is 0.529. The maximum absolute atomic E-state index is 12.9. The van der Waals surface area contributed by atoms with Crippen LogP contribution < -0.4 is 10.1 Å². The highest BCUT2D eigenvalue weighted by Crippen LogP contribution is 2.34. The van der Waals surface area contributed by atoms with E-state index in [9.17, 15) is 9.59 Å². The smallest absolute Gasteiger partial charge is 0.265 e. The van der Waals surface area contributed by atoms with Gasteiger partial charge in [0.05, 0.1) is 11.3 Å². The number of carbonyl (C=O) groups is 2. The number of nitrogens with one attached hydrogen (secondary N) is 1. The highest BCUT2D eigenvalue weighted by molar-refractivity contribution is 6.04. The summed E-state index contributed by atoms with van der Waals surface area (Å²) < 4.78 is 5.68. The molecule has 3 rings (SSSR count). The van der Waals surface area contributed by atoms with Gasteiger partial charge in [0.25, 0.3) is 11.8 Å². The topological polar surface area (TPSA) is 58.6 Å². The predicted octanol–water partition coefficient (Wildman–Crippen LogP) is 2.81. The van der Waals surface area contributed by atoms with Crippen LogP contribution in [-0.4, -0.2) is 35.9 Å². The zero-order chi connectivity index (χ0) is 15.5. The number of hydrogen-bond donors (Lipinski definition) is 1. The molecule has 22 heavy (non-hydrogen) atoms. The molecule has 5 heteroatoms. The Labute approximate surface area is 130 Å². The first-order valence-electron chi connectivity index (χ1n) is 8.06. The van der Waals surface area contributed by atoms with Crippen molar-refractivity contribution in [1.29, 1.82) is 0 Å². The number of carbonyl (C=O) groups excluding carboxylic acids is 2. The summed E-state index contributed by atoms with van der Waals surface area (Å²) in [5.74, 6) is 0.326. The second kappa shape index (κ2) is 6.38. The van der Waals surface area contributed by atoms with Crippen molar-refractivity contribution in [3.63, 3.8) is 0 Å². The largest absolute Gasteiger partial charge is 0.478 e. The monoisotopic (exact) mass is 302 g/mol. The average Bonchev–Trinajstić information content (AvgIpc) is 2.47. The van der Waals surface area contributed by atoms with E-state index in [2.05, 4.69) is 5.32 Å². The van der Waals surface area contributed by atoms with Gasteiger partial charge in [-0.05, 0) is 31.9 Å². The summed E-state index contributed by atoms with van der Waals surface area (Å²) in [6.45, 7) is 3.28. The second-order valence-corrected chi connectivity index (χ2v) is 5.99. The maximum atomic E-state index is 12.9.